The van der Waals surface area contributed by atoms with E-state index in [1.807, 2.05) is 59.5 Å². The summed E-state index contributed by atoms with van der Waals surface area (Å²) in [5.41, 5.74) is 3.79. The van der Waals surface area contributed by atoms with Crippen molar-refractivity contribution in [2.24, 2.45) is 0 Å². The molecule has 3 heterocycles. The van der Waals surface area contributed by atoms with E-state index in [0.29, 0.717) is 30.4 Å². The van der Waals surface area contributed by atoms with Crippen LogP contribution in [0.3, 0.4) is 0 Å². The van der Waals surface area contributed by atoms with Gasteiger partial charge in [-0.1, -0.05) is 65.8 Å². The normalized spacial score (nSPS) is 16.2. The van der Waals surface area contributed by atoms with Gasteiger partial charge in [-0.15, -0.1) is 0 Å². The van der Waals surface area contributed by atoms with Crippen LogP contribution in [0.5, 0.6) is 0 Å². The first kappa shape index (κ1) is 19.2. The van der Waals surface area contributed by atoms with Crippen LogP contribution in [0.1, 0.15) is 30.1 Å². The predicted octanol–water partition coefficient (Wildman–Crippen LogP) is 4.08. The summed E-state index contributed by atoms with van der Waals surface area (Å²) in [5.74, 6) is 1.07. The second-order valence-corrected chi connectivity index (χ2v) is 7.82. The number of carbonyl (C=O) groups is 1. The zero-order valence-corrected chi connectivity index (χ0v) is 17.1. The third-order valence-corrected chi connectivity index (χ3v) is 5.64. The molecule has 0 aliphatic carbocycles. The maximum Gasteiger partial charge on any atom is 0.275 e. The van der Waals surface area contributed by atoms with E-state index in [9.17, 15) is 4.79 Å². The second-order valence-electron chi connectivity index (χ2n) is 7.82. The largest absolute Gasteiger partial charge is 0.342 e. The van der Waals surface area contributed by atoms with Crippen LogP contribution in [-0.2, 0) is 11.2 Å². The van der Waals surface area contributed by atoms with Gasteiger partial charge in [-0.25, -0.2) is 0 Å². The summed E-state index contributed by atoms with van der Waals surface area (Å²) in [5, 5.41) is 11.4. The lowest BCUT2D eigenvalue weighted by molar-refractivity contribution is -0.127. The molecule has 156 valence electrons. The molecule has 2 aromatic carbocycles. The minimum atomic E-state index is -0.0433. The van der Waals surface area contributed by atoms with Gasteiger partial charge in [-0.05, 0) is 24.5 Å². The number of amides is 1. The van der Waals surface area contributed by atoms with Crippen LogP contribution in [0, 0.1) is 0 Å². The van der Waals surface area contributed by atoms with Gasteiger partial charge in [-0.2, -0.15) is 10.1 Å². The summed E-state index contributed by atoms with van der Waals surface area (Å²) >= 11 is 0. The van der Waals surface area contributed by atoms with Gasteiger partial charge < -0.3 is 9.42 Å². The molecule has 1 fully saturated rings. The number of likely N-dealkylation sites (tertiary alicyclic amines) is 1. The molecular weight excluding hydrogens is 390 g/mol. The number of aryl methyl sites for hydroxylation is 1. The minimum Gasteiger partial charge on any atom is -0.342 e. The number of nitrogens with zero attached hydrogens (tertiary/aromatic N) is 4. The standard InChI is InChI=1S/C24H23N5O2/c30-22-14-19(16-29(22)13-7-10-17-8-3-1-4-9-17)23-25-24(31-28-23)21-15-20(26-27-21)18-11-5-2-6-12-18/h1-6,8-9,11-12,15,19H,7,10,13-14,16H2,(H,26,27). The van der Waals surface area contributed by atoms with E-state index in [2.05, 4.69) is 32.5 Å². The summed E-state index contributed by atoms with van der Waals surface area (Å²) in [6.45, 7) is 1.38. The molecule has 7 heteroatoms. The molecule has 1 unspecified atom stereocenters. The molecule has 1 N–H and O–H groups in total. The number of rotatable bonds is 7. The smallest absolute Gasteiger partial charge is 0.275 e. The average molecular weight is 413 g/mol. The molecule has 0 radical (unpaired) electrons. The van der Waals surface area contributed by atoms with Crippen molar-refractivity contribution in [3.8, 4) is 22.8 Å². The van der Waals surface area contributed by atoms with Crippen molar-refractivity contribution >= 4 is 5.91 Å². The quantitative estimate of drug-likeness (QED) is 0.493. The Labute approximate surface area is 180 Å². The van der Waals surface area contributed by atoms with Crippen LogP contribution >= 0.6 is 0 Å². The number of carbonyl (C=O) groups excluding carboxylic acids is 1. The Morgan fingerprint density at radius 1 is 1.06 bits per heavy atom. The number of aromatic amines is 1. The molecular formula is C24H23N5O2. The first-order valence-electron chi connectivity index (χ1n) is 10.5. The van der Waals surface area contributed by atoms with Crippen LogP contribution in [-0.4, -0.2) is 44.2 Å². The third-order valence-electron chi connectivity index (χ3n) is 5.64. The fourth-order valence-corrected chi connectivity index (χ4v) is 3.98. The van der Waals surface area contributed by atoms with Crippen LogP contribution < -0.4 is 0 Å². The Morgan fingerprint density at radius 2 is 1.84 bits per heavy atom. The van der Waals surface area contributed by atoms with Crippen LogP contribution in [0.2, 0.25) is 0 Å². The monoisotopic (exact) mass is 413 g/mol. The maximum absolute atomic E-state index is 12.5. The van der Waals surface area contributed by atoms with Crippen LogP contribution in [0.25, 0.3) is 22.8 Å². The van der Waals surface area contributed by atoms with Crippen molar-refractivity contribution in [3.63, 3.8) is 0 Å². The molecule has 1 aliphatic heterocycles. The van der Waals surface area contributed by atoms with E-state index in [-0.39, 0.29) is 11.8 Å². The van der Waals surface area contributed by atoms with E-state index in [4.69, 9.17) is 4.52 Å². The molecule has 1 aliphatic rings. The van der Waals surface area contributed by atoms with Gasteiger partial charge in [0.05, 0.1) is 5.69 Å². The molecule has 0 bridgehead atoms. The highest BCUT2D eigenvalue weighted by Gasteiger charge is 2.33. The highest BCUT2D eigenvalue weighted by molar-refractivity contribution is 5.79. The molecule has 0 saturated carbocycles. The van der Waals surface area contributed by atoms with Crippen LogP contribution in [0.15, 0.2) is 71.3 Å². The molecule has 5 rings (SSSR count). The van der Waals surface area contributed by atoms with Gasteiger partial charge in [0.2, 0.25) is 5.91 Å². The first-order valence-corrected chi connectivity index (χ1v) is 10.5. The van der Waals surface area contributed by atoms with Gasteiger partial charge in [0.25, 0.3) is 5.89 Å². The summed E-state index contributed by atoms with van der Waals surface area (Å²) < 4.78 is 5.46. The zero-order chi connectivity index (χ0) is 21.0. The van der Waals surface area contributed by atoms with Crippen molar-refractivity contribution in [1.82, 2.24) is 25.2 Å². The number of hydrogen-bond donors (Lipinski definition) is 1. The van der Waals surface area contributed by atoms with Gasteiger partial charge in [0, 0.05) is 31.0 Å². The summed E-state index contributed by atoms with van der Waals surface area (Å²) in [6, 6.07) is 22.1. The Bertz CT molecular complexity index is 1150. The molecule has 1 saturated heterocycles. The summed E-state index contributed by atoms with van der Waals surface area (Å²) in [6.07, 6.45) is 2.32. The van der Waals surface area contributed by atoms with Crippen molar-refractivity contribution < 1.29 is 9.32 Å². The predicted molar refractivity (Wildman–Crippen MR) is 116 cm³/mol. The molecule has 31 heavy (non-hydrogen) atoms. The Morgan fingerprint density at radius 3 is 2.65 bits per heavy atom. The van der Waals surface area contributed by atoms with E-state index in [0.717, 1.165) is 30.6 Å². The maximum atomic E-state index is 12.5. The van der Waals surface area contributed by atoms with Gasteiger partial charge in [0.15, 0.2) is 5.82 Å². The number of hydrogen-bond acceptors (Lipinski definition) is 5. The molecule has 0 spiro atoms. The zero-order valence-electron chi connectivity index (χ0n) is 17.1. The van der Waals surface area contributed by atoms with Crippen LogP contribution in [0.4, 0.5) is 0 Å². The number of H-pyrrole nitrogens is 1. The van der Waals surface area contributed by atoms with E-state index in [1.54, 1.807) is 0 Å². The fraction of sp³-hybridized carbons (Fsp3) is 0.250. The Balaban J connectivity index is 1.21. The third kappa shape index (κ3) is 4.26. The van der Waals surface area contributed by atoms with E-state index < -0.39 is 0 Å². The van der Waals surface area contributed by atoms with Gasteiger partial charge in [0.1, 0.15) is 5.69 Å². The number of aromatic nitrogens is 4. The summed E-state index contributed by atoms with van der Waals surface area (Å²) in [7, 11) is 0. The highest BCUT2D eigenvalue weighted by atomic mass is 16.5. The van der Waals surface area contributed by atoms with Crippen molar-refractivity contribution in [1.29, 1.82) is 0 Å². The van der Waals surface area contributed by atoms with Gasteiger partial charge >= 0.3 is 0 Å². The molecule has 2 aromatic heterocycles. The molecule has 1 amide bonds. The van der Waals surface area contributed by atoms with Crippen molar-refractivity contribution in [2.75, 3.05) is 13.1 Å². The molecule has 4 aromatic rings. The van der Waals surface area contributed by atoms with Gasteiger partial charge in [-0.3, -0.25) is 9.89 Å². The topological polar surface area (TPSA) is 87.9 Å². The van der Waals surface area contributed by atoms with E-state index >= 15 is 0 Å². The SMILES string of the molecule is O=C1CC(c2noc(-c3cc(-c4ccccc4)n[nH]3)n2)CN1CCCc1ccccc1. The van der Waals surface area contributed by atoms with Crippen molar-refractivity contribution in [2.45, 2.75) is 25.2 Å². The Hall–Kier alpha value is -3.74. The minimum absolute atomic E-state index is 0.0433. The lowest BCUT2D eigenvalue weighted by atomic mass is 10.1. The Kier molecular flexibility index (Phi) is 5.31. The average Bonchev–Trinajstić information content (AvgIpc) is 3.55. The van der Waals surface area contributed by atoms with Crippen molar-refractivity contribution in [3.05, 3.63) is 78.1 Å². The lowest BCUT2D eigenvalue weighted by Crippen LogP contribution is -2.26. The molecule has 1 atom stereocenters. The highest BCUT2D eigenvalue weighted by Crippen LogP contribution is 2.29. The van der Waals surface area contributed by atoms with E-state index in [1.165, 1.54) is 5.56 Å². The fourth-order valence-electron chi connectivity index (χ4n) is 3.98. The lowest BCUT2D eigenvalue weighted by Gasteiger charge is -2.15. The second kappa shape index (κ2) is 8.55. The summed E-state index contributed by atoms with van der Waals surface area (Å²) in [4.78, 5) is 18.9. The number of nitrogens with one attached hydrogen (secondary N) is 1. The molecule has 7 nitrogen and oxygen atoms in total. The number of benzene rings is 2. The first-order chi connectivity index (χ1) is 15.3.